The van der Waals surface area contributed by atoms with Gasteiger partial charge in [-0.2, -0.15) is 0 Å². The largest absolute Gasteiger partial charge is 0.394 e. The van der Waals surface area contributed by atoms with Crippen LogP contribution >= 0.6 is 0 Å². The molecule has 0 bridgehead atoms. The minimum atomic E-state index is -0.870. The van der Waals surface area contributed by atoms with E-state index < -0.39 is 12.1 Å². The predicted octanol–water partition coefficient (Wildman–Crippen LogP) is 22.8. The van der Waals surface area contributed by atoms with Crippen molar-refractivity contribution in [3.63, 3.8) is 0 Å². The van der Waals surface area contributed by atoms with E-state index in [0.29, 0.717) is 6.42 Å². The van der Waals surface area contributed by atoms with Crippen LogP contribution in [0.4, 0.5) is 0 Å². The summed E-state index contributed by atoms with van der Waals surface area (Å²) < 4.78 is 0. The summed E-state index contributed by atoms with van der Waals surface area (Å²) in [6.07, 6.45) is 89.5. The molecule has 0 heterocycles. The molecule has 0 aromatic heterocycles. The van der Waals surface area contributed by atoms with Gasteiger partial charge in [0, 0.05) is 6.42 Å². The van der Waals surface area contributed by atoms with Crippen LogP contribution in [0.15, 0.2) is 36.5 Å². The Morgan fingerprint density at radius 1 is 0.315 bits per heavy atom. The lowest BCUT2D eigenvalue weighted by Gasteiger charge is -2.19. The van der Waals surface area contributed by atoms with Crippen LogP contribution in [0.2, 0.25) is 0 Å². The van der Waals surface area contributed by atoms with Crippen LogP contribution in [-0.2, 0) is 4.79 Å². The summed E-state index contributed by atoms with van der Waals surface area (Å²) in [7, 11) is 0. The van der Waals surface area contributed by atoms with Crippen molar-refractivity contribution in [1.82, 2.24) is 5.32 Å². The van der Waals surface area contributed by atoms with Gasteiger partial charge in [-0.1, -0.05) is 365 Å². The molecule has 0 aromatic rings. The van der Waals surface area contributed by atoms with Gasteiger partial charge in [0.05, 0.1) is 18.8 Å². The maximum atomic E-state index is 12.5. The first-order valence-electron chi connectivity index (χ1n) is 33.7. The first-order valence-corrected chi connectivity index (χ1v) is 33.7. The third kappa shape index (κ3) is 61.3. The number of aliphatic hydroxyl groups excluding tert-OH is 2. The van der Waals surface area contributed by atoms with E-state index >= 15 is 0 Å². The molecule has 0 fully saturated rings. The predicted molar refractivity (Wildman–Crippen MR) is 327 cm³/mol. The summed E-state index contributed by atoms with van der Waals surface area (Å²) in [6, 6.07) is -0.645. The first kappa shape index (κ1) is 71.6. The maximum absolute atomic E-state index is 12.5. The van der Waals surface area contributed by atoms with Gasteiger partial charge in [0.1, 0.15) is 0 Å². The van der Waals surface area contributed by atoms with Gasteiger partial charge in [0.2, 0.25) is 5.91 Å². The second-order valence-corrected chi connectivity index (χ2v) is 23.2. The van der Waals surface area contributed by atoms with Crippen molar-refractivity contribution in [2.75, 3.05) is 6.61 Å². The number of unbranched alkanes of at least 4 members (excludes halogenated alkanes) is 52. The van der Waals surface area contributed by atoms with Gasteiger partial charge in [-0.05, 0) is 44.9 Å². The second kappa shape index (κ2) is 64.9. The van der Waals surface area contributed by atoms with Gasteiger partial charge in [-0.15, -0.1) is 0 Å². The lowest BCUT2D eigenvalue weighted by Crippen LogP contribution is -2.45. The molecule has 0 spiro atoms. The standard InChI is InChI=1S/C69H133NO3/c1-3-5-7-9-11-13-15-17-19-21-23-25-27-29-31-33-34-35-37-38-40-42-44-46-48-50-52-54-56-58-60-62-64-68(72)67(66-71)70-69(73)65-63-61-59-57-55-53-51-49-47-45-43-41-39-36-32-30-28-26-24-22-20-18-16-14-12-10-8-6-4-2/h46,48,54,56,62,64,67-68,71-72H,3-45,47,49-53,55,57-61,63,65-66H2,1-2H3,(H,70,73)/b48-46+,56-54+,64-62+. The highest BCUT2D eigenvalue weighted by atomic mass is 16.3. The molecule has 4 heteroatoms. The molecule has 0 aliphatic rings. The quantitative estimate of drug-likeness (QED) is 0.0420. The van der Waals surface area contributed by atoms with E-state index in [4.69, 9.17) is 0 Å². The molecule has 2 atom stereocenters. The Labute approximate surface area is 459 Å². The molecule has 73 heavy (non-hydrogen) atoms. The minimum Gasteiger partial charge on any atom is -0.394 e. The van der Waals surface area contributed by atoms with Crippen LogP contribution in [0, 0.1) is 0 Å². The highest BCUT2D eigenvalue weighted by molar-refractivity contribution is 5.76. The Balaban J connectivity index is 3.47. The molecule has 0 radical (unpaired) electrons. The van der Waals surface area contributed by atoms with Crippen molar-refractivity contribution in [3.8, 4) is 0 Å². The van der Waals surface area contributed by atoms with Crippen molar-refractivity contribution < 1.29 is 15.0 Å². The van der Waals surface area contributed by atoms with Crippen LogP contribution in [0.5, 0.6) is 0 Å². The van der Waals surface area contributed by atoms with E-state index in [1.165, 1.54) is 321 Å². The molecular formula is C69H133NO3. The average Bonchev–Trinajstić information content (AvgIpc) is 3.40. The van der Waals surface area contributed by atoms with Crippen molar-refractivity contribution in [2.45, 2.75) is 392 Å². The van der Waals surface area contributed by atoms with E-state index in [1.807, 2.05) is 6.08 Å². The maximum Gasteiger partial charge on any atom is 0.220 e. The number of amides is 1. The van der Waals surface area contributed by atoms with Crippen molar-refractivity contribution >= 4 is 5.91 Å². The topological polar surface area (TPSA) is 69.6 Å². The van der Waals surface area contributed by atoms with Crippen LogP contribution in [0.1, 0.15) is 380 Å². The van der Waals surface area contributed by atoms with E-state index in [-0.39, 0.29) is 12.5 Å². The summed E-state index contributed by atoms with van der Waals surface area (Å²) in [4.78, 5) is 12.5. The van der Waals surface area contributed by atoms with Gasteiger partial charge in [0.15, 0.2) is 0 Å². The van der Waals surface area contributed by atoms with E-state index in [2.05, 4.69) is 43.5 Å². The first-order chi connectivity index (χ1) is 36.2. The fraction of sp³-hybridized carbons (Fsp3) is 0.899. The monoisotopic (exact) mass is 1020 g/mol. The lowest BCUT2D eigenvalue weighted by molar-refractivity contribution is -0.123. The molecule has 3 N–H and O–H groups in total. The number of hydrogen-bond donors (Lipinski definition) is 3. The molecule has 0 saturated carbocycles. The van der Waals surface area contributed by atoms with Crippen LogP contribution in [-0.4, -0.2) is 34.9 Å². The zero-order valence-corrected chi connectivity index (χ0v) is 49.9. The summed E-state index contributed by atoms with van der Waals surface area (Å²) in [5, 5.41) is 23.2. The normalized spacial score (nSPS) is 12.9. The number of carbonyl (C=O) groups is 1. The minimum absolute atomic E-state index is 0.0699. The molecule has 1 amide bonds. The molecule has 0 rings (SSSR count). The van der Waals surface area contributed by atoms with Crippen LogP contribution < -0.4 is 5.32 Å². The SMILES string of the molecule is CCCCCCCCCCCCCCCCCCCCCCCC/C=C/CC/C=C/CC/C=C/C(O)C(CO)NC(=O)CCCCCCCCCCCCCCCCCCCCCCCCCCCCCCC. The number of nitrogens with one attached hydrogen (secondary N) is 1. The van der Waals surface area contributed by atoms with Crippen molar-refractivity contribution in [1.29, 1.82) is 0 Å². The third-order valence-electron chi connectivity index (χ3n) is 15.9. The number of aliphatic hydroxyl groups is 2. The molecule has 0 aromatic carbocycles. The Kier molecular flexibility index (Phi) is 63.7. The highest BCUT2D eigenvalue weighted by Crippen LogP contribution is 2.19. The summed E-state index contributed by atoms with van der Waals surface area (Å²) in [5.74, 6) is -0.0699. The van der Waals surface area contributed by atoms with Crippen LogP contribution in [0.25, 0.3) is 0 Å². The molecule has 2 unspecified atom stereocenters. The van der Waals surface area contributed by atoms with Crippen LogP contribution in [0.3, 0.4) is 0 Å². The number of hydrogen-bond acceptors (Lipinski definition) is 3. The van der Waals surface area contributed by atoms with Gasteiger partial charge >= 0.3 is 0 Å². The second-order valence-electron chi connectivity index (χ2n) is 23.2. The molecule has 0 saturated heterocycles. The number of carbonyl (C=O) groups excluding carboxylic acids is 1. The fourth-order valence-corrected chi connectivity index (χ4v) is 10.7. The van der Waals surface area contributed by atoms with Gasteiger partial charge in [-0.25, -0.2) is 0 Å². The van der Waals surface area contributed by atoms with Gasteiger partial charge < -0.3 is 15.5 Å². The van der Waals surface area contributed by atoms with Gasteiger partial charge in [0.25, 0.3) is 0 Å². The van der Waals surface area contributed by atoms with E-state index in [1.54, 1.807) is 6.08 Å². The molecule has 0 aliphatic carbocycles. The molecule has 4 nitrogen and oxygen atoms in total. The highest BCUT2D eigenvalue weighted by Gasteiger charge is 2.18. The Morgan fingerprint density at radius 2 is 0.534 bits per heavy atom. The lowest BCUT2D eigenvalue weighted by atomic mass is 10.0. The van der Waals surface area contributed by atoms with Gasteiger partial charge in [-0.3, -0.25) is 4.79 Å². The Bertz CT molecular complexity index is 1110. The summed E-state index contributed by atoms with van der Waals surface area (Å²) in [6.45, 7) is 4.34. The zero-order chi connectivity index (χ0) is 52.7. The Morgan fingerprint density at radius 3 is 0.795 bits per heavy atom. The smallest absolute Gasteiger partial charge is 0.220 e. The number of rotatable bonds is 63. The van der Waals surface area contributed by atoms with Crippen molar-refractivity contribution in [2.24, 2.45) is 0 Å². The van der Waals surface area contributed by atoms with Crippen molar-refractivity contribution in [3.05, 3.63) is 36.5 Å². The summed E-state index contributed by atoms with van der Waals surface area (Å²) >= 11 is 0. The average molecular weight is 1020 g/mol. The zero-order valence-electron chi connectivity index (χ0n) is 49.9. The third-order valence-corrected chi connectivity index (χ3v) is 15.9. The molecule has 432 valence electrons. The van der Waals surface area contributed by atoms with E-state index in [0.717, 1.165) is 38.5 Å². The van der Waals surface area contributed by atoms with E-state index in [9.17, 15) is 15.0 Å². The Hall–Kier alpha value is -1.39. The molecular weight excluding hydrogens is 891 g/mol. The molecule has 0 aliphatic heterocycles. The summed E-state index contributed by atoms with van der Waals surface area (Å²) in [5.41, 5.74) is 0. The fourth-order valence-electron chi connectivity index (χ4n) is 10.7. The number of allylic oxidation sites excluding steroid dienone is 5.